The van der Waals surface area contributed by atoms with Gasteiger partial charge < -0.3 is 15.7 Å². The lowest BCUT2D eigenvalue weighted by Crippen LogP contribution is -2.37. The molecule has 2 saturated carbocycles. The number of rotatable bonds is 6. The van der Waals surface area contributed by atoms with E-state index in [4.69, 9.17) is 0 Å². The largest absolute Gasteiger partial charge is 0.481 e. The van der Waals surface area contributed by atoms with Gasteiger partial charge in [-0.15, -0.1) is 11.3 Å². The summed E-state index contributed by atoms with van der Waals surface area (Å²) in [5, 5.41) is 16.1. The molecule has 0 radical (unpaired) electrons. The van der Waals surface area contributed by atoms with Gasteiger partial charge in [0.15, 0.2) is 0 Å². The van der Waals surface area contributed by atoms with Gasteiger partial charge in [0.1, 0.15) is 5.00 Å². The Morgan fingerprint density at radius 3 is 2.25 bits per heavy atom. The fraction of sp³-hybridized carbons (Fsp3) is 0.667. The summed E-state index contributed by atoms with van der Waals surface area (Å²) in [7, 11) is 0. The van der Waals surface area contributed by atoms with Crippen molar-refractivity contribution < 1.29 is 19.5 Å². The lowest BCUT2D eigenvalue weighted by molar-refractivity contribution is -0.147. The number of aliphatic carboxylic acids is 1. The Labute approximate surface area is 170 Å². The van der Waals surface area contributed by atoms with Crippen LogP contribution in [0.2, 0.25) is 0 Å². The van der Waals surface area contributed by atoms with E-state index in [2.05, 4.69) is 10.6 Å². The van der Waals surface area contributed by atoms with Crippen LogP contribution >= 0.6 is 11.3 Å². The summed E-state index contributed by atoms with van der Waals surface area (Å²) in [6.45, 7) is 3.97. The Morgan fingerprint density at radius 1 is 1.04 bits per heavy atom. The molecular weight excluding hydrogens is 376 g/mol. The molecule has 1 aromatic heterocycles. The monoisotopic (exact) mass is 406 g/mol. The number of carboxylic acids is 1. The first kappa shape index (κ1) is 20.8. The van der Waals surface area contributed by atoms with Gasteiger partial charge in [-0.25, -0.2) is 0 Å². The molecule has 2 aliphatic rings. The summed E-state index contributed by atoms with van der Waals surface area (Å²) in [6, 6.07) is 0.204. The Morgan fingerprint density at radius 2 is 1.64 bits per heavy atom. The number of thiophene rings is 1. The Kier molecular flexibility index (Phi) is 6.75. The van der Waals surface area contributed by atoms with Crippen molar-refractivity contribution in [2.24, 2.45) is 11.8 Å². The average Bonchev–Trinajstić information content (AvgIpc) is 3.28. The van der Waals surface area contributed by atoms with E-state index in [9.17, 15) is 19.5 Å². The second-order valence-electron chi connectivity index (χ2n) is 7.97. The number of nitrogens with one attached hydrogen (secondary N) is 2. The van der Waals surface area contributed by atoms with Crippen LogP contribution in [0.5, 0.6) is 0 Å². The third-order valence-electron chi connectivity index (χ3n) is 6.14. The van der Waals surface area contributed by atoms with E-state index < -0.39 is 17.8 Å². The summed E-state index contributed by atoms with van der Waals surface area (Å²) in [5.41, 5.74) is 1.53. The predicted octanol–water partition coefficient (Wildman–Crippen LogP) is 4.12. The van der Waals surface area contributed by atoms with Crippen molar-refractivity contribution in [2.45, 2.75) is 77.7 Å². The molecular formula is C21H30N2O4S. The van der Waals surface area contributed by atoms with Crippen molar-refractivity contribution in [2.75, 3.05) is 5.32 Å². The van der Waals surface area contributed by atoms with Crippen molar-refractivity contribution in [3.63, 3.8) is 0 Å². The Hall–Kier alpha value is -1.89. The summed E-state index contributed by atoms with van der Waals surface area (Å²) in [4.78, 5) is 38.5. The quantitative estimate of drug-likeness (QED) is 0.662. The maximum absolute atomic E-state index is 13.0. The molecule has 1 aromatic rings. The molecule has 0 saturated heterocycles. The SMILES string of the molecule is CCc1c(C)sc(NC(=O)[C@@H]2CCCC[C@@H]2C(=O)O)c1C(=O)NC1CCCC1. The van der Waals surface area contributed by atoms with Crippen LogP contribution in [0.25, 0.3) is 0 Å². The second kappa shape index (κ2) is 9.07. The van der Waals surface area contributed by atoms with Crippen LogP contribution < -0.4 is 10.6 Å². The number of carbonyl (C=O) groups is 3. The fourth-order valence-electron chi connectivity index (χ4n) is 4.61. The Balaban J connectivity index is 1.81. The number of carboxylic acid groups (broad SMARTS) is 1. The Bertz CT molecular complexity index is 752. The van der Waals surface area contributed by atoms with Crippen molar-refractivity contribution in [3.05, 3.63) is 16.0 Å². The van der Waals surface area contributed by atoms with Crippen molar-refractivity contribution in [3.8, 4) is 0 Å². The van der Waals surface area contributed by atoms with E-state index >= 15 is 0 Å². The smallest absolute Gasteiger partial charge is 0.307 e. The van der Waals surface area contributed by atoms with Gasteiger partial charge in [-0.1, -0.05) is 32.6 Å². The summed E-state index contributed by atoms with van der Waals surface area (Å²) < 4.78 is 0. The van der Waals surface area contributed by atoms with E-state index in [-0.39, 0.29) is 17.9 Å². The highest BCUT2D eigenvalue weighted by atomic mass is 32.1. The molecule has 0 aromatic carbocycles. The number of hydrogen-bond acceptors (Lipinski definition) is 4. The summed E-state index contributed by atoms with van der Waals surface area (Å²) in [5.74, 6) is -2.48. The highest BCUT2D eigenvalue weighted by Gasteiger charge is 2.36. The molecule has 2 aliphatic carbocycles. The zero-order chi connectivity index (χ0) is 20.3. The van der Waals surface area contributed by atoms with Gasteiger partial charge in [0.05, 0.1) is 17.4 Å². The zero-order valence-electron chi connectivity index (χ0n) is 16.7. The molecule has 154 valence electrons. The molecule has 0 unspecified atom stereocenters. The molecule has 0 spiro atoms. The normalized spacial score (nSPS) is 22.8. The van der Waals surface area contributed by atoms with E-state index in [1.807, 2.05) is 13.8 Å². The minimum absolute atomic E-state index is 0.123. The minimum atomic E-state index is -0.907. The van der Waals surface area contributed by atoms with Gasteiger partial charge in [-0.2, -0.15) is 0 Å². The van der Waals surface area contributed by atoms with Crippen LogP contribution in [0, 0.1) is 18.8 Å². The molecule has 3 rings (SSSR count). The number of carbonyl (C=O) groups excluding carboxylic acids is 2. The lowest BCUT2D eigenvalue weighted by atomic mass is 9.79. The first-order chi connectivity index (χ1) is 13.4. The first-order valence-corrected chi connectivity index (χ1v) is 11.2. The van der Waals surface area contributed by atoms with E-state index in [0.29, 0.717) is 29.8 Å². The van der Waals surface area contributed by atoms with Crippen LogP contribution in [0.3, 0.4) is 0 Å². The number of anilines is 1. The predicted molar refractivity (Wildman–Crippen MR) is 110 cm³/mol. The van der Waals surface area contributed by atoms with Gasteiger partial charge in [0.2, 0.25) is 5.91 Å². The molecule has 2 amide bonds. The molecule has 3 N–H and O–H groups in total. The highest BCUT2D eigenvalue weighted by Crippen LogP contribution is 2.36. The zero-order valence-corrected chi connectivity index (χ0v) is 17.5. The van der Waals surface area contributed by atoms with Crippen molar-refractivity contribution in [1.82, 2.24) is 5.32 Å². The highest BCUT2D eigenvalue weighted by molar-refractivity contribution is 7.16. The van der Waals surface area contributed by atoms with Gasteiger partial charge in [0, 0.05) is 10.9 Å². The van der Waals surface area contributed by atoms with Crippen LogP contribution in [0.4, 0.5) is 5.00 Å². The average molecular weight is 407 g/mol. The van der Waals surface area contributed by atoms with E-state index in [1.54, 1.807) is 0 Å². The first-order valence-electron chi connectivity index (χ1n) is 10.4. The maximum Gasteiger partial charge on any atom is 0.307 e. The second-order valence-corrected chi connectivity index (χ2v) is 9.20. The standard InChI is InChI=1S/C21H30N2O4S/c1-3-14-12(2)28-20(17(14)19(25)22-13-8-4-5-9-13)23-18(24)15-10-6-7-11-16(15)21(26)27/h13,15-16H,3-11H2,1-2H3,(H,22,25)(H,23,24)(H,26,27)/t15-,16+/m1/s1. The molecule has 6 nitrogen and oxygen atoms in total. The third kappa shape index (κ3) is 4.40. The van der Waals surface area contributed by atoms with E-state index in [1.165, 1.54) is 11.3 Å². The molecule has 7 heteroatoms. The molecule has 2 fully saturated rings. The van der Waals surface area contributed by atoms with Crippen molar-refractivity contribution >= 4 is 34.1 Å². The molecule has 2 atom stereocenters. The number of amides is 2. The van der Waals surface area contributed by atoms with Gasteiger partial charge >= 0.3 is 5.97 Å². The van der Waals surface area contributed by atoms with Gasteiger partial charge in [0.25, 0.3) is 5.91 Å². The molecule has 28 heavy (non-hydrogen) atoms. The maximum atomic E-state index is 13.0. The van der Waals surface area contributed by atoms with Crippen LogP contribution in [-0.4, -0.2) is 28.9 Å². The summed E-state index contributed by atoms with van der Waals surface area (Å²) >= 11 is 1.41. The lowest BCUT2D eigenvalue weighted by Gasteiger charge is -2.27. The number of hydrogen-bond donors (Lipinski definition) is 3. The summed E-state index contributed by atoms with van der Waals surface area (Å²) in [6.07, 6.45) is 7.80. The van der Waals surface area contributed by atoms with Crippen LogP contribution in [0.1, 0.15) is 79.1 Å². The third-order valence-corrected chi connectivity index (χ3v) is 7.20. The molecule has 1 heterocycles. The topological polar surface area (TPSA) is 95.5 Å². The molecule has 0 aliphatic heterocycles. The molecule has 0 bridgehead atoms. The fourth-order valence-corrected chi connectivity index (χ4v) is 5.75. The van der Waals surface area contributed by atoms with Crippen molar-refractivity contribution in [1.29, 1.82) is 0 Å². The number of aryl methyl sites for hydroxylation is 1. The van der Waals surface area contributed by atoms with E-state index in [0.717, 1.165) is 49.0 Å². The van der Waals surface area contributed by atoms with Gasteiger partial charge in [-0.3, -0.25) is 14.4 Å². The van der Waals surface area contributed by atoms with Gasteiger partial charge in [-0.05, 0) is 44.6 Å². The minimum Gasteiger partial charge on any atom is -0.481 e. The van der Waals surface area contributed by atoms with Crippen LogP contribution in [0.15, 0.2) is 0 Å². The van der Waals surface area contributed by atoms with Crippen LogP contribution in [-0.2, 0) is 16.0 Å².